The topological polar surface area (TPSA) is 80.3 Å². The fraction of sp³-hybridized carbons (Fsp3) is 0.455. The van der Waals surface area contributed by atoms with Crippen LogP contribution in [-0.2, 0) is 19.1 Å². The Bertz CT molecular complexity index is 678. The number of nitrogens with one attached hydrogen (secondary N) is 1. The Morgan fingerprint density at radius 1 is 1.16 bits per heavy atom. The summed E-state index contributed by atoms with van der Waals surface area (Å²) in [6, 6.07) is 4.94. The molecule has 0 bridgehead atoms. The van der Waals surface area contributed by atoms with Crippen molar-refractivity contribution in [3.8, 4) is 0 Å². The number of benzene rings is 1. The molecule has 19 heavy (non-hydrogen) atoms. The van der Waals surface area contributed by atoms with Gasteiger partial charge in [-0.15, -0.1) is 0 Å². The minimum Gasteiger partial charge on any atom is -0.208 e. The minimum absolute atomic E-state index is 0.0729. The molecule has 0 amide bonds. The predicted octanol–water partition coefficient (Wildman–Crippen LogP) is 1.69. The molecule has 8 heteroatoms. The SMILES string of the molecule is CC1CC(NS(=O)(=O)c2cccc(S(=O)(=O)Cl)c2)C1. The van der Waals surface area contributed by atoms with Crippen molar-refractivity contribution in [3.05, 3.63) is 24.3 Å². The molecule has 0 atom stereocenters. The van der Waals surface area contributed by atoms with Crippen LogP contribution in [0, 0.1) is 5.92 Å². The molecule has 1 N–H and O–H groups in total. The van der Waals surface area contributed by atoms with Gasteiger partial charge in [0.25, 0.3) is 9.05 Å². The van der Waals surface area contributed by atoms with E-state index in [9.17, 15) is 16.8 Å². The van der Waals surface area contributed by atoms with Crippen molar-refractivity contribution in [2.24, 2.45) is 5.92 Å². The second-order valence-electron chi connectivity index (χ2n) is 4.81. The first-order chi connectivity index (χ1) is 8.68. The summed E-state index contributed by atoms with van der Waals surface area (Å²) in [5, 5.41) is 0. The number of sulfonamides is 1. The summed E-state index contributed by atoms with van der Waals surface area (Å²) in [4.78, 5) is -0.312. The molecule has 0 unspecified atom stereocenters. The van der Waals surface area contributed by atoms with Gasteiger partial charge in [0.15, 0.2) is 0 Å². The van der Waals surface area contributed by atoms with E-state index in [0.717, 1.165) is 18.9 Å². The highest BCUT2D eigenvalue weighted by Gasteiger charge is 2.30. The molecule has 0 radical (unpaired) electrons. The van der Waals surface area contributed by atoms with Gasteiger partial charge >= 0.3 is 0 Å². The van der Waals surface area contributed by atoms with Crippen molar-refractivity contribution in [2.45, 2.75) is 35.6 Å². The average Bonchev–Trinajstić information content (AvgIpc) is 2.26. The van der Waals surface area contributed by atoms with Gasteiger partial charge in [-0.1, -0.05) is 13.0 Å². The molecule has 1 aliphatic rings. The first-order valence-corrected chi connectivity index (χ1v) is 9.55. The molecule has 0 heterocycles. The molecule has 5 nitrogen and oxygen atoms in total. The molecule has 1 saturated carbocycles. The van der Waals surface area contributed by atoms with Gasteiger partial charge in [-0.2, -0.15) is 0 Å². The van der Waals surface area contributed by atoms with Crippen LogP contribution in [0.25, 0.3) is 0 Å². The van der Waals surface area contributed by atoms with Crippen LogP contribution in [0.1, 0.15) is 19.8 Å². The van der Waals surface area contributed by atoms with E-state index in [0.29, 0.717) is 5.92 Å². The number of rotatable bonds is 4. The van der Waals surface area contributed by atoms with Crippen LogP contribution < -0.4 is 4.72 Å². The van der Waals surface area contributed by atoms with Crippen LogP contribution >= 0.6 is 10.7 Å². The molecular weight excluding hydrogens is 310 g/mol. The van der Waals surface area contributed by atoms with E-state index in [1.807, 2.05) is 6.92 Å². The van der Waals surface area contributed by atoms with Gasteiger partial charge in [-0.05, 0) is 37.0 Å². The quantitative estimate of drug-likeness (QED) is 0.855. The highest BCUT2D eigenvalue weighted by molar-refractivity contribution is 8.13. The summed E-state index contributed by atoms with van der Waals surface area (Å²) in [6.07, 6.45) is 1.60. The van der Waals surface area contributed by atoms with E-state index >= 15 is 0 Å². The van der Waals surface area contributed by atoms with Crippen LogP contribution in [0.3, 0.4) is 0 Å². The molecule has 0 saturated heterocycles. The molecule has 106 valence electrons. The zero-order chi connectivity index (χ0) is 14.3. The normalized spacial score (nSPS) is 23.9. The van der Waals surface area contributed by atoms with Crippen molar-refractivity contribution in [1.82, 2.24) is 4.72 Å². The first-order valence-electron chi connectivity index (χ1n) is 5.75. The lowest BCUT2D eigenvalue weighted by atomic mass is 9.83. The van der Waals surface area contributed by atoms with E-state index in [1.54, 1.807) is 0 Å². The van der Waals surface area contributed by atoms with E-state index in [-0.39, 0.29) is 15.8 Å². The molecular formula is C11H14ClNO4S2. The van der Waals surface area contributed by atoms with E-state index < -0.39 is 19.1 Å². The molecule has 0 spiro atoms. The van der Waals surface area contributed by atoms with Crippen molar-refractivity contribution in [2.75, 3.05) is 0 Å². The fourth-order valence-electron chi connectivity index (χ4n) is 2.08. The largest absolute Gasteiger partial charge is 0.261 e. The number of hydrogen-bond donors (Lipinski definition) is 1. The Kier molecular flexibility index (Phi) is 3.92. The predicted molar refractivity (Wildman–Crippen MR) is 72.0 cm³/mol. The van der Waals surface area contributed by atoms with Crippen molar-refractivity contribution in [1.29, 1.82) is 0 Å². The van der Waals surface area contributed by atoms with Crippen LogP contribution in [0.5, 0.6) is 0 Å². The maximum Gasteiger partial charge on any atom is 0.261 e. The molecule has 0 aromatic heterocycles. The van der Waals surface area contributed by atoms with E-state index in [2.05, 4.69) is 4.72 Å². The number of halogens is 1. The zero-order valence-corrected chi connectivity index (χ0v) is 12.6. The Morgan fingerprint density at radius 3 is 2.26 bits per heavy atom. The van der Waals surface area contributed by atoms with Crippen LogP contribution in [0.4, 0.5) is 0 Å². The first kappa shape index (κ1) is 14.8. The van der Waals surface area contributed by atoms with Crippen LogP contribution in [0.15, 0.2) is 34.1 Å². The number of hydrogen-bond acceptors (Lipinski definition) is 4. The maximum atomic E-state index is 12.1. The van der Waals surface area contributed by atoms with Gasteiger partial charge in [0.05, 0.1) is 9.79 Å². The van der Waals surface area contributed by atoms with Gasteiger partial charge in [-0.25, -0.2) is 21.6 Å². The maximum absolute atomic E-state index is 12.1. The third-order valence-electron chi connectivity index (χ3n) is 3.09. The van der Waals surface area contributed by atoms with Crippen molar-refractivity contribution in [3.63, 3.8) is 0 Å². The standard InChI is InChI=1S/C11H14ClNO4S2/c1-8-5-9(6-8)13-19(16,17)11-4-2-3-10(7-11)18(12,14)15/h2-4,7-9,13H,5-6H2,1H3. The van der Waals surface area contributed by atoms with Gasteiger partial charge < -0.3 is 0 Å². The molecule has 2 rings (SSSR count). The summed E-state index contributed by atoms with van der Waals surface area (Å²) in [5.74, 6) is 0.516. The average molecular weight is 324 g/mol. The molecule has 1 aromatic rings. The Labute approximate surface area is 117 Å². The second-order valence-corrected chi connectivity index (χ2v) is 9.09. The highest BCUT2D eigenvalue weighted by atomic mass is 35.7. The molecule has 0 aliphatic heterocycles. The third kappa shape index (κ3) is 3.47. The summed E-state index contributed by atoms with van der Waals surface area (Å²) in [6.45, 7) is 2.05. The molecule has 1 fully saturated rings. The monoisotopic (exact) mass is 323 g/mol. The summed E-state index contributed by atoms with van der Waals surface area (Å²) >= 11 is 0. The van der Waals surface area contributed by atoms with Gasteiger partial charge in [0.1, 0.15) is 0 Å². The minimum atomic E-state index is -3.93. The van der Waals surface area contributed by atoms with Gasteiger partial charge in [0.2, 0.25) is 10.0 Å². The third-order valence-corrected chi connectivity index (χ3v) is 5.96. The lowest BCUT2D eigenvalue weighted by Gasteiger charge is -2.32. The summed E-state index contributed by atoms with van der Waals surface area (Å²) < 4.78 is 49.1. The highest BCUT2D eigenvalue weighted by Crippen LogP contribution is 2.28. The molecule has 1 aromatic carbocycles. The van der Waals surface area contributed by atoms with E-state index in [1.165, 1.54) is 18.2 Å². The van der Waals surface area contributed by atoms with E-state index in [4.69, 9.17) is 10.7 Å². The van der Waals surface area contributed by atoms with Crippen LogP contribution in [-0.4, -0.2) is 22.9 Å². The van der Waals surface area contributed by atoms with Crippen molar-refractivity contribution < 1.29 is 16.8 Å². The summed E-state index contributed by atoms with van der Waals surface area (Å²) in [5.41, 5.74) is 0. The lowest BCUT2D eigenvalue weighted by molar-refractivity contribution is 0.270. The Morgan fingerprint density at radius 2 is 1.74 bits per heavy atom. The van der Waals surface area contributed by atoms with Gasteiger partial charge in [-0.3, -0.25) is 0 Å². The Balaban J connectivity index is 2.26. The van der Waals surface area contributed by atoms with Crippen molar-refractivity contribution >= 4 is 29.8 Å². The molecule has 1 aliphatic carbocycles. The smallest absolute Gasteiger partial charge is 0.208 e. The van der Waals surface area contributed by atoms with Crippen LogP contribution in [0.2, 0.25) is 0 Å². The lowest BCUT2D eigenvalue weighted by Crippen LogP contribution is -2.43. The van der Waals surface area contributed by atoms with Gasteiger partial charge in [0, 0.05) is 16.7 Å². The second kappa shape index (κ2) is 5.05. The zero-order valence-electron chi connectivity index (χ0n) is 10.2. The summed E-state index contributed by atoms with van der Waals surface area (Å²) in [7, 11) is -2.43. The Hall–Kier alpha value is -0.630. The fourth-order valence-corrected chi connectivity index (χ4v) is 4.26.